The molecule has 0 aromatic heterocycles. The van der Waals surface area contributed by atoms with E-state index in [1.807, 2.05) is 0 Å². The molecule has 16 heavy (non-hydrogen) atoms. The standard InChI is InChI=1S/C9H7.2C2H6N.Ti/c1-2-5-9-7-3-6-8(9)4-1;2*1-3-2;/h1-7H;2*1-2H3;/q3*-1;+3. The third-order valence-corrected chi connectivity index (χ3v) is 1.55. The summed E-state index contributed by atoms with van der Waals surface area (Å²) in [4.78, 5) is 0. The van der Waals surface area contributed by atoms with Gasteiger partial charge in [0.15, 0.2) is 0 Å². The Morgan fingerprint density at radius 2 is 1.38 bits per heavy atom. The van der Waals surface area contributed by atoms with E-state index in [9.17, 15) is 0 Å². The van der Waals surface area contributed by atoms with Crippen LogP contribution < -0.4 is 0 Å². The summed E-state index contributed by atoms with van der Waals surface area (Å²) >= 11 is 0. The summed E-state index contributed by atoms with van der Waals surface area (Å²) in [6.07, 6.45) is 0. The van der Waals surface area contributed by atoms with Crippen molar-refractivity contribution >= 4 is 10.8 Å². The first-order valence-electron chi connectivity index (χ1n) is 4.86. The second kappa shape index (κ2) is 12.5. The molecule has 0 saturated carbocycles. The Bertz CT molecular complexity index is 312. The van der Waals surface area contributed by atoms with Crippen molar-refractivity contribution in [2.75, 3.05) is 28.2 Å². The zero-order valence-electron chi connectivity index (χ0n) is 10.4. The Balaban J connectivity index is 0. The van der Waals surface area contributed by atoms with Crippen LogP contribution in [0.5, 0.6) is 0 Å². The number of hydrogen-bond donors (Lipinski definition) is 0. The maximum absolute atomic E-state index is 3.50. The predicted octanol–water partition coefficient (Wildman–Crippen LogP) is 3.80. The Hall–Kier alpha value is -0.536. The molecule has 0 amide bonds. The molecule has 0 aliphatic carbocycles. The molecule has 3 heteroatoms. The molecule has 0 N–H and O–H groups in total. The Morgan fingerprint density at radius 1 is 0.875 bits per heavy atom. The van der Waals surface area contributed by atoms with Crippen LogP contribution in [0.1, 0.15) is 0 Å². The van der Waals surface area contributed by atoms with Crippen LogP contribution in [0, 0.1) is 0 Å². The SMILES string of the molecule is C[N-]C.C[N-]C.[Ti+3].c1ccc2[cH-]ccc2c1. The molecular formula is C13H19N2Ti. The van der Waals surface area contributed by atoms with Gasteiger partial charge in [-0.25, -0.2) is 0 Å². The Labute approximate surface area is 114 Å². The molecule has 0 aliphatic rings. The third-order valence-electron chi connectivity index (χ3n) is 1.55. The summed E-state index contributed by atoms with van der Waals surface area (Å²) in [5.41, 5.74) is 0. The van der Waals surface area contributed by atoms with Crippen LogP contribution in [-0.2, 0) is 21.7 Å². The van der Waals surface area contributed by atoms with Crippen molar-refractivity contribution < 1.29 is 21.7 Å². The fraction of sp³-hybridized carbons (Fsp3) is 0.308. The first-order valence-corrected chi connectivity index (χ1v) is 4.86. The van der Waals surface area contributed by atoms with E-state index in [-0.39, 0.29) is 21.7 Å². The van der Waals surface area contributed by atoms with Gasteiger partial charge in [-0.2, -0.15) is 45.7 Å². The van der Waals surface area contributed by atoms with Crippen LogP contribution in [0.3, 0.4) is 0 Å². The monoisotopic (exact) mass is 251 g/mol. The average Bonchev–Trinajstić information content (AvgIpc) is 2.67. The average molecular weight is 251 g/mol. The van der Waals surface area contributed by atoms with E-state index in [1.54, 1.807) is 28.2 Å². The molecule has 2 nitrogen and oxygen atoms in total. The van der Waals surface area contributed by atoms with Crippen LogP contribution in [0.25, 0.3) is 21.4 Å². The molecule has 85 valence electrons. The summed E-state index contributed by atoms with van der Waals surface area (Å²) in [6.45, 7) is 0. The van der Waals surface area contributed by atoms with E-state index in [0.717, 1.165) is 0 Å². The van der Waals surface area contributed by atoms with Crippen molar-refractivity contribution in [3.05, 3.63) is 53.1 Å². The predicted molar refractivity (Wildman–Crippen MR) is 70.0 cm³/mol. The maximum Gasteiger partial charge on any atom is 3.00 e. The summed E-state index contributed by atoms with van der Waals surface area (Å²) in [5, 5.41) is 9.66. The fourth-order valence-corrected chi connectivity index (χ4v) is 1.07. The molecule has 0 aliphatic heterocycles. The zero-order valence-corrected chi connectivity index (χ0v) is 12.0. The van der Waals surface area contributed by atoms with Crippen molar-refractivity contribution in [2.24, 2.45) is 0 Å². The summed E-state index contributed by atoms with van der Waals surface area (Å²) in [6, 6.07) is 14.7. The van der Waals surface area contributed by atoms with E-state index in [2.05, 4.69) is 53.1 Å². The minimum absolute atomic E-state index is 0. The molecule has 0 fully saturated rings. The van der Waals surface area contributed by atoms with Crippen molar-refractivity contribution in [3.63, 3.8) is 0 Å². The molecule has 0 saturated heterocycles. The molecule has 0 atom stereocenters. The van der Waals surface area contributed by atoms with Gasteiger partial charge >= 0.3 is 21.7 Å². The van der Waals surface area contributed by atoms with Gasteiger partial charge in [0.1, 0.15) is 0 Å². The maximum atomic E-state index is 3.50. The van der Waals surface area contributed by atoms with Gasteiger partial charge in [0.05, 0.1) is 0 Å². The molecule has 2 aromatic carbocycles. The van der Waals surface area contributed by atoms with Gasteiger partial charge in [-0.05, 0) is 0 Å². The molecular weight excluding hydrogens is 232 g/mol. The number of benzene rings is 1. The second-order valence-electron chi connectivity index (χ2n) is 3.05. The van der Waals surface area contributed by atoms with Gasteiger partial charge in [0.2, 0.25) is 0 Å². The van der Waals surface area contributed by atoms with Gasteiger partial charge in [0, 0.05) is 0 Å². The number of nitrogens with zero attached hydrogens (tertiary/aromatic N) is 2. The normalized spacial score (nSPS) is 8.00. The molecule has 1 radical (unpaired) electrons. The number of fused-ring (bicyclic) bond motifs is 1. The van der Waals surface area contributed by atoms with Crippen molar-refractivity contribution in [2.45, 2.75) is 0 Å². The summed E-state index contributed by atoms with van der Waals surface area (Å²) < 4.78 is 0. The fourth-order valence-electron chi connectivity index (χ4n) is 1.07. The second-order valence-corrected chi connectivity index (χ2v) is 3.05. The first-order chi connectivity index (χ1) is 7.29. The van der Waals surface area contributed by atoms with E-state index in [4.69, 9.17) is 0 Å². The molecule has 2 rings (SSSR count). The van der Waals surface area contributed by atoms with Crippen LogP contribution in [-0.4, -0.2) is 28.2 Å². The van der Waals surface area contributed by atoms with Gasteiger partial charge in [-0.15, -0.1) is 29.7 Å². The molecule has 0 unspecified atom stereocenters. The van der Waals surface area contributed by atoms with Crippen LogP contribution in [0.2, 0.25) is 0 Å². The van der Waals surface area contributed by atoms with Gasteiger partial charge in [-0.1, -0.05) is 6.07 Å². The minimum Gasteiger partial charge on any atom is -0.668 e. The number of hydrogen-bond acceptors (Lipinski definition) is 0. The van der Waals surface area contributed by atoms with Gasteiger partial charge in [0.25, 0.3) is 0 Å². The largest absolute Gasteiger partial charge is 3.00 e. The van der Waals surface area contributed by atoms with E-state index >= 15 is 0 Å². The van der Waals surface area contributed by atoms with Crippen LogP contribution >= 0.6 is 0 Å². The van der Waals surface area contributed by atoms with Crippen molar-refractivity contribution in [1.29, 1.82) is 0 Å². The molecule has 0 bridgehead atoms. The summed E-state index contributed by atoms with van der Waals surface area (Å²) in [7, 11) is 7.00. The molecule has 2 aromatic rings. The van der Waals surface area contributed by atoms with E-state index in [1.165, 1.54) is 10.8 Å². The molecule has 0 spiro atoms. The topological polar surface area (TPSA) is 28.2 Å². The minimum atomic E-state index is 0. The quantitative estimate of drug-likeness (QED) is 0.503. The van der Waals surface area contributed by atoms with Crippen LogP contribution in [0.4, 0.5) is 0 Å². The van der Waals surface area contributed by atoms with Crippen LogP contribution in [0.15, 0.2) is 42.5 Å². The van der Waals surface area contributed by atoms with Gasteiger partial charge < -0.3 is 10.6 Å². The third kappa shape index (κ3) is 7.72. The van der Waals surface area contributed by atoms with Gasteiger partial charge in [-0.3, -0.25) is 0 Å². The summed E-state index contributed by atoms with van der Waals surface area (Å²) in [5.74, 6) is 0. The zero-order chi connectivity index (χ0) is 11.5. The smallest absolute Gasteiger partial charge is 0.668 e. The first kappa shape index (κ1) is 17.8. The molecule has 0 heterocycles. The van der Waals surface area contributed by atoms with Crippen molar-refractivity contribution in [1.82, 2.24) is 0 Å². The number of rotatable bonds is 0. The Morgan fingerprint density at radius 3 is 1.88 bits per heavy atom. The Kier molecular flexibility index (Phi) is 14.0. The van der Waals surface area contributed by atoms with E-state index in [0.29, 0.717) is 0 Å². The van der Waals surface area contributed by atoms with E-state index < -0.39 is 0 Å². The van der Waals surface area contributed by atoms with Crippen molar-refractivity contribution in [3.8, 4) is 0 Å².